The highest BCUT2D eigenvalue weighted by molar-refractivity contribution is 5.97. The number of hydrogen-bond acceptors (Lipinski definition) is 4. The van der Waals surface area contributed by atoms with Crippen molar-refractivity contribution >= 4 is 5.91 Å². The Morgan fingerprint density at radius 1 is 1.35 bits per heavy atom. The van der Waals surface area contributed by atoms with E-state index in [1.807, 2.05) is 0 Å². The van der Waals surface area contributed by atoms with Crippen LogP contribution in [0.2, 0.25) is 0 Å². The van der Waals surface area contributed by atoms with E-state index < -0.39 is 29.1 Å². The summed E-state index contributed by atoms with van der Waals surface area (Å²) in [5.41, 5.74) is 0.173. The molecule has 0 aliphatic carbocycles. The first-order chi connectivity index (χ1) is 11.0. The minimum Gasteiger partial charge on any atom is -0.496 e. The molecule has 124 valence electrons. The van der Waals surface area contributed by atoms with E-state index in [0.29, 0.717) is 5.69 Å². The fourth-order valence-electron chi connectivity index (χ4n) is 2.24. The molecule has 1 N–H and O–H groups in total. The van der Waals surface area contributed by atoms with Gasteiger partial charge in [-0.15, -0.1) is 0 Å². The minimum atomic E-state index is -1.26. The Balaban J connectivity index is 2.33. The fraction of sp³-hybridized carbons (Fsp3) is 0.333. The van der Waals surface area contributed by atoms with E-state index >= 15 is 0 Å². The average Bonchev–Trinajstić information content (AvgIpc) is 2.95. The first-order valence-electron chi connectivity index (χ1n) is 6.79. The van der Waals surface area contributed by atoms with Gasteiger partial charge in [0.2, 0.25) is 0 Å². The third kappa shape index (κ3) is 3.48. The van der Waals surface area contributed by atoms with E-state index in [-0.39, 0.29) is 12.4 Å². The van der Waals surface area contributed by atoms with E-state index in [4.69, 9.17) is 9.47 Å². The number of nitrogens with one attached hydrogen (secondary N) is 1. The number of ether oxygens (including phenoxy) is 2. The van der Waals surface area contributed by atoms with Gasteiger partial charge in [-0.1, -0.05) is 0 Å². The van der Waals surface area contributed by atoms with Crippen LogP contribution in [0.3, 0.4) is 0 Å². The Kier molecular flexibility index (Phi) is 5.28. The summed E-state index contributed by atoms with van der Waals surface area (Å²) in [6, 6.07) is 3.22. The van der Waals surface area contributed by atoms with Gasteiger partial charge in [0.1, 0.15) is 11.3 Å². The van der Waals surface area contributed by atoms with Gasteiger partial charge in [0, 0.05) is 20.4 Å². The lowest BCUT2D eigenvalue weighted by molar-refractivity contribution is 0.0884. The molecular weight excluding hydrogens is 308 g/mol. The molecule has 0 bridgehead atoms. The molecule has 2 rings (SSSR count). The molecular formula is C15H17F2N3O3. The van der Waals surface area contributed by atoms with Crippen LogP contribution in [-0.2, 0) is 11.8 Å². The number of rotatable bonds is 6. The Morgan fingerprint density at radius 2 is 2.09 bits per heavy atom. The van der Waals surface area contributed by atoms with Crippen LogP contribution in [-0.4, -0.2) is 36.5 Å². The molecule has 0 unspecified atom stereocenters. The van der Waals surface area contributed by atoms with Crippen LogP contribution in [0.15, 0.2) is 24.4 Å². The third-order valence-electron chi connectivity index (χ3n) is 3.36. The number of carbonyl (C=O) groups excluding carboxylic acids is 1. The lowest BCUT2D eigenvalue weighted by Crippen LogP contribution is -2.33. The summed E-state index contributed by atoms with van der Waals surface area (Å²) in [6.07, 6.45) is 1.56. The van der Waals surface area contributed by atoms with Crippen LogP contribution in [0, 0.1) is 11.6 Å². The molecule has 0 aliphatic heterocycles. The largest absolute Gasteiger partial charge is 0.496 e. The fourth-order valence-corrected chi connectivity index (χ4v) is 2.24. The molecule has 1 aromatic carbocycles. The summed E-state index contributed by atoms with van der Waals surface area (Å²) in [7, 11) is 4.45. The maximum atomic E-state index is 14.0. The molecule has 1 heterocycles. The molecule has 0 saturated carbocycles. The Hall–Kier alpha value is -2.48. The molecule has 1 atom stereocenters. The van der Waals surface area contributed by atoms with Gasteiger partial charge in [0.25, 0.3) is 5.91 Å². The summed E-state index contributed by atoms with van der Waals surface area (Å²) in [5.74, 6) is -3.24. The number of benzene rings is 1. The SMILES string of the molecule is COC[C@@H](NC(=O)c1c(OC)ccc(F)c1F)c1ccnn1C. The Labute approximate surface area is 132 Å². The molecule has 0 fully saturated rings. The van der Waals surface area contributed by atoms with Gasteiger partial charge < -0.3 is 14.8 Å². The quantitative estimate of drug-likeness (QED) is 0.880. The van der Waals surface area contributed by atoms with E-state index in [0.717, 1.165) is 6.07 Å². The highest BCUT2D eigenvalue weighted by atomic mass is 19.2. The first kappa shape index (κ1) is 16.9. The van der Waals surface area contributed by atoms with Crippen LogP contribution in [0.5, 0.6) is 5.75 Å². The zero-order valence-electron chi connectivity index (χ0n) is 13.0. The van der Waals surface area contributed by atoms with Crippen molar-refractivity contribution in [2.45, 2.75) is 6.04 Å². The lowest BCUT2D eigenvalue weighted by atomic mass is 10.1. The molecule has 1 amide bonds. The summed E-state index contributed by atoms with van der Waals surface area (Å²) < 4.78 is 39.0. The van der Waals surface area contributed by atoms with Gasteiger partial charge >= 0.3 is 0 Å². The van der Waals surface area contributed by atoms with Gasteiger partial charge in [0.15, 0.2) is 11.6 Å². The van der Waals surface area contributed by atoms with E-state index in [9.17, 15) is 13.6 Å². The van der Waals surface area contributed by atoms with Crippen LogP contribution < -0.4 is 10.1 Å². The lowest BCUT2D eigenvalue weighted by Gasteiger charge is -2.19. The summed E-state index contributed by atoms with van der Waals surface area (Å²) in [5, 5.41) is 6.63. The van der Waals surface area contributed by atoms with Gasteiger partial charge in [-0.25, -0.2) is 8.78 Å². The molecule has 6 nitrogen and oxygen atoms in total. The van der Waals surface area contributed by atoms with Crippen LogP contribution >= 0.6 is 0 Å². The summed E-state index contributed by atoms with van der Waals surface area (Å²) >= 11 is 0. The standard InChI is InChI=1S/C15H17F2N3O3/c1-20-11(6-7-18-20)10(8-22-2)19-15(21)13-12(23-3)5-4-9(16)14(13)17/h4-7,10H,8H2,1-3H3,(H,19,21)/t10-/m1/s1. The number of aryl methyl sites for hydroxylation is 1. The number of carbonyl (C=O) groups is 1. The molecule has 0 aliphatic rings. The van der Waals surface area contributed by atoms with Gasteiger partial charge in [-0.05, 0) is 18.2 Å². The second-order valence-corrected chi connectivity index (χ2v) is 4.80. The molecule has 0 radical (unpaired) electrons. The van der Waals surface area contributed by atoms with Crippen molar-refractivity contribution < 1.29 is 23.0 Å². The van der Waals surface area contributed by atoms with Gasteiger partial charge in [-0.3, -0.25) is 9.48 Å². The Morgan fingerprint density at radius 3 is 2.65 bits per heavy atom. The monoisotopic (exact) mass is 325 g/mol. The van der Waals surface area contributed by atoms with Gasteiger partial charge in [0.05, 0.1) is 25.5 Å². The predicted molar refractivity (Wildman–Crippen MR) is 78.2 cm³/mol. The Bertz CT molecular complexity index is 703. The molecule has 2 aromatic rings. The minimum absolute atomic E-state index is 0.0532. The molecule has 8 heteroatoms. The zero-order valence-corrected chi connectivity index (χ0v) is 13.0. The second-order valence-electron chi connectivity index (χ2n) is 4.80. The number of amides is 1. The normalized spacial score (nSPS) is 12.0. The number of halogens is 2. The van der Waals surface area contributed by atoms with Crippen molar-refractivity contribution in [1.29, 1.82) is 0 Å². The number of nitrogens with zero attached hydrogens (tertiary/aromatic N) is 2. The maximum Gasteiger partial charge on any atom is 0.258 e. The second kappa shape index (κ2) is 7.19. The average molecular weight is 325 g/mol. The topological polar surface area (TPSA) is 65.4 Å². The van der Waals surface area contributed by atoms with Crippen molar-refractivity contribution in [2.24, 2.45) is 7.05 Å². The van der Waals surface area contributed by atoms with E-state index in [1.54, 1.807) is 24.0 Å². The van der Waals surface area contributed by atoms with E-state index in [1.165, 1.54) is 20.3 Å². The molecule has 23 heavy (non-hydrogen) atoms. The van der Waals surface area contributed by atoms with Gasteiger partial charge in [-0.2, -0.15) is 5.10 Å². The zero-order chi connectivity index (χ0) is 17.0. The summed E-state index contributed by atoms with van der Waals surface area (Å²) in [4.78, 5) is 12.4. The number of hydrogen-bond donors (Lipinski definition) is 1. The van der Waals surface area contributed by atoms with Crippen molar-refractivity contribution in [1.82, 2.24) is 15.1 Å². The van der Waals surface area contributed by atoms with Crippen molar-refractivity contribution in [3.63, 3.8) is 0 Å². The predicted octanol–water partition coefficient (Wildman–Crippen LogP) is 1.82. The van der Waals surface area contributed by atoms with Crippen LogP contribution in [0.4, 0.5) is 8.78 Å². The third-order valence-corrected chi connectivity index (χ3v) is 3.36. The van der Waals surface area contributed by atoms with Crippen molar-refractivity contribution in [2.75, 3.05) is 20.8 Å². The van der Waals surface area contributed by atoms with Crippen LogP contribution in [0.25, 0.3) is 0 Å². The van der Waals surface area contributed by atoms with Crippen molar-refractivity contribution in [3.05, 3.63) is 47.3 Å². The van der Waals surface area contributed by atoms with E-state index in [2.05, 4.69) is 10.4 Å². The first-order valence-corrected chi connectivity index (χ1v) is 6.79. The maximum absolute atomic E-state index is 14.0. The van der Waals surface area contributed by atoms with Crippen molar-refractivity contribution in [3.8, 4) is 5.75 Å². The summed E-state index contributed by atoms with van der Waals surface area (Å²) in [6.45, 7) is 0.143. The highest BCUT2D eigenvalue weighted by Gasteiger charge is 2.25. The number of methoxy groups -OCH3 is 2. The smallest absolute Gasteiger partial charge is 0.258 e. The van der Waals surface area contributed by atoms with Crippen LogP contribution in [0.1, 0.15) is 22.1 Å². The number of aromatic nitrogens is 2. The molecule has 0 spiro atoms. The molecule has 0 saturated heterocycles. The molecule has 1 aromatic heterocycles. The highest BCUT2D eigenvalue weighted by Crippen LogP contribution is 2.24.